The van der Waals surface area contributed by atoms with Crippen LogP contribution in [0.3, 0.4) is 0 Å². The van der Waals surface area contributed by atoms with Gasteiger partial charge in [-0.3, -0.25) is 19.2 Å². The summed E-state index contributed by atoms with van der Waals surface area (Å²) in [6, 6.07) is 52.9. The number of esters is 4. The number of hydrogen-bond donors (Lipinski definition) is 0. The third-order valence-electron chi connectivity index (χ3n) is 13.3. The maximum absolute atomic E-state index is 13.6. The Morgan fingerprint density at radius 3 is 1.01 bits per heavy atom. The number of methoxy groups -OCH3 is 4. The van der Waals surface area contributed by atoms with Gasteiger partial charge in [-0.1, -0.05) is 158 Å². The van der Waals surface area contributed by atoms with E-state index in [-0.39, 0.29) is 52.5 Å². The van der Waals surface area contributed by atoms with Gasteiger partial charge in [0, 0.05) is 24.0 Å². The van der Waals surface area contributed by atoms with Crippen molar-refractivity contribution in [3.63, 3.8) is 0 Å². The van der Waals surface area contributed by atoms with E-state index in [0.29, 0.717) is 11.1 Å². The maximum Gasteiger partial charge on any atom is 2.00 e. The standard InChI is InChI=1S/2C29H28N2O5S.Ni/c2*1-35-26(33)23-19-29(27(34)36-2,18-20-12-6-3-7-13-20)31(24(23)21-14-8-4-9-15-21)28(37)30-25(32)22-16-10-5-11-17-22;/h2*3-17,23-24H,18-19H2,1-2H3,(H,30,32,37);/q;;+2/p-2/t2*23-,24-,29-;/m00./s1. The van der Waals surface area contributed by atoms with Crippen LogP contribution in [0.25, 0.3) is 0 Å². The van der Waals surface area contributed by atoms with Crippen LogP contribution in [0.5, 0.6) is 0 Å². The van der Waals surface area contributed by atoms with Crippen molar-refractivity contribution in [2.75, 3.05) is 28.4 Å². The molecule has 6 aromatic carbocycles. The molecule has 0 spiro atoms. The molecule has 2 amide bonds. The first-order chi connectivity index (χ1) is 35.8. The van der Waals surface area contributed by atoms with Gasteiger partial charge in [-0.25, -0.2) is 19.6 Å². The van der Waals surface area contributed by atoms with E-state index in [0.717, 1.165) is 22.3 Å². The summed E-state index contributed by atoms with van der Waals surface area (Å²) in [6.45, 7) is 0. The number of aliphatic imine (C=N–C) groups is 2. The number of carbonyl (C=O) groups excluding carboxylic acids is 6. The van der Waals surface area contributed by atoms with E-state index in [9.17, 15) is 28.8 Å². The van der Waals surface area contributed by atoms with Crippen molar-refractivity contribution in [2.45, 2.75) is 48.8 Å². The second-order valence-corrected chi connectivity index (χ2v) is 18.4. The Kier molecular flexibility index (Phi) is 19.7. The Bertz CT molecular complexity index is 2780. The SMILES string of the molecule is COC(=O)[C@H]1C[C@@](Cc2ccccc2)(C(=O)OC)N(C([S-])=NC(=O)c2ccccc2)[C@H]1c1ccccc1.COC(=O)[C@H]1C[C@@](Cc2ccccc2)(C(=O)OC)N(C([S-])=NC(=O)c2ccccc2)[C@H]1c1ccccc1.[Ni+2]. The summed E-state index contributed by atoms with van der Waals surface area (Å²) in [5, 5.41) is -0.203. The Morgan fingerprint density at radius 1 is 0.453 bits per heavy atom. The van der Waals surface area contributed by atoms with E-state index < -0.39 is 70.7 Å². The second kappa shape index (κ2) is 26.1. The van der Waals surface area contributed by atoms with Crippen LogP contribution in [0.2, 0.25) is 0 Å². The first-order valence-corrected chi connectivity index (χ1v) is 24.4. The van der Waals surface area contributed by atoms with Crippen LogP contribution in [-0.4, -0.2) is 95.3 Å². The number of likely N-dealkylation sites (tertiary alicyclic amines) is 2. The Balaban J connectivity index is 0.000000241. The topological polar surface area (TPSA) is 171 Å². The fraction of sp³-hybridized carbons (Fsp3) is 0.241. The summed E-state index contributed by atoms with van der Waals surface area (Å²) in [7, 11) is 5.22. The Morgan fingerprint density at radius 2 is 0.733 bits per heavy atom. The van der Waals surface area contributed by atoms with Gasteiger partial charge in [0.25, 0.3) is 11.8 Å². The van der Waals surface area contributed by atoms with E-state index in [4.69, 9.17) is 44.2 Å². The first kappa shape index (κ1) is 56.7. The molecule has 0 radical (unpaired) electrons. The normalized spacial score (nSPS) is 21.1. The quantitative estimate of drug-likeness (QED) is 0.0287. The smallest absolute Gasteiger partial charge is 0.742 e. The van der Waals surface area contributed by atoms with E-state index in [1.54, 1.807) is 70.5 Å². The third-order valence-corrected chi connectivity index (χ3v) is 13.9. The van der Waals surface area contributed by atoms with Crippen molar-refractivity contribution in [2.24, 2.45) is 21.8 Å². The summed E-state index contributed by atoms with van der Waals surface area (Å²) in [5.74, 6) is -4.76. The van der Waals surface area contributed by atoms with Crippen LogP contribution in [0.4, 0.5) is 0 Å². The number of rotatable bonds is 12. The van der Waals surface area contributed by atoms with Crippen molar-refractivity contribution in [1.29, 1.82) is 0 Å². The summed E-state index contributed by atoms with van der Waals surface area (Å²) < 4.78 is 20.9. The molecule has 0 saturated carbocycles. The molecule has 6 aromatic rings. The van der Waals surface area contributed by atoms with Crippen LogP contribution >= 0.6 is 0 Å². The van der Waals surface area contributed by atoms with Crippen molar-refractivity contribution in [3.05, 3.63) is 215 Å². The van der Waals surface area contributed by atoms with Gasteiger partial charge in [0.05, 0.1) is 52.4 Å². The summed E-state index contributed by atoms with van der Waals surface area (Å²) in [6.07, 6.45) is 0.505. The molecule has 75 heavy (non-hydrogen) atoms. The van der Waals surface area contributed by atoms with Crippen LogP contribution < -0.4 is 0 Å². The molecule has 2 aliphatic rings. The third kappa shape index (κ3) is 12.5. The van der Waals surface area contributed by atoms with Gasteiger partial charge >= 0.3 is 40.4 Å². The van der Waals surface area contributed by atoms with Crippen molar-refractivity contribution in [1.82, 2.24) is 9.80 Å². The monoisotopic (exact) mass is 1090 g/mol. The van der Waals surface area contributed by atoms with Gasteiger partial charge in [0.15, 0.2) is 0 Å². The fourth-order valence-corrected chi connectivity index (χ4v) is 10.8. The molecule has 8 rings (SSSR count). The molecule has 6 atom stereocenters. The van der Waals surface area contributed by atoms with E-state index in [2.05, 4.69) is 9.98 Å². The van der Waals surface area contributed by atoms with Crippen LogP contribution in [0.1, 0.15) is 67.9 Å². The molecule has 2 saturated heterocycles. The number of hydrogen-bond acceptors (Lipinski definition) is 12. The predicted molar refractivity (Wildman–Crippen MR) is 283 cm³/mol. The Hall–Kier alpha value is -7.59. The van der Waals surface area contributed by atoms with Gasteiger partial charge in [0.2, 0.25) is 0 Å². The van der Waals surface area contributed by atoms with Gasteiger partial charge < -0.3 is 54.0 Å². The molecule has 0 unspecified atom stereocenters. The number of carbonyl (C=O) groups is 6. The molecule has 0 aliphatic carbocycles. The molecule has 2 heterocycles. The largest absolute Gasteiger partial charge is 2.00 e. The fourth-order valence-electron chi connectivity index (χ4n) is 10.1. The van der Waals surface area contributed by atoms with E-state index >= 15 is 0 Å². The van der Waals surface area contributed by atoms with Crippen LogP contribution in [0.15, 0.2) is 192 Å². The summed E-state index contributed by atoms with van der Waals surface area (Å²) in [4.78, 5) is 91.3. The van der Waals surface area contributed by atoms with Crippen molar-refractivity contribution >= 4 is 71.3 Å². The number of amidine groups is 2. The minimum atomic E-state index is -1.41. The number of nitrogens with zero attached hydrogens (tertiary/aromatic N) is 4. The van der Waals surface area contributed by atoms with Gasteiger partial charge in [-0.05, 0) is 69.7 Å². The number of amides is 2. The van der Waals surface area contributed by atoms with Crippen LogP contribution in [0, 0.1) is 11.8 Å². The zero-order valence-corrected chi connectivity index (χ0v) is 44.1. The molecule has 2 aliphatic heterocycles. The van der Waals surface area contributed by atoms with Gasteiger partial charge in [0.1, 0.15) is 11.1 Å². The molecule has 0 aromatic heterocycles. The summed E-state index contributed by atoms with van der Waals surface area (Å²) >= 11 is 11.5. The molecular weight excluding hydrogens is 1040 g/mol. The van der Waals surface area contributed by atoms with Gasteiger partial charge in [-0.15, -0.1) is 0 Å². The average molecular weight is 1090 g/mol. The predicted octanol–water partition coefficient (Wildman–Crippen LogP) is 8.24. The maximum atomic E-state index is 13.6. The summed E-state index contributed by atoms with van der Waals surface area (Å²) in [5.41, 5.74) is 1.05. The number of ether oxygens (including phenoxy) is 4. The molecule has 14 nitrogen and oxygen atoms in total. The average Bonchev–Trinajstić information content (AvgIpc) is 3.98. The van der Waals surface area contributed by atoms with E-state index in [1.807, 2.05) is 121 Å². The Labute approximate surface area is 457 Å². The van der Waals surface area contributed by atoms with Gasteiger partial charge in [-0.2, -0.15) is 0 Å². The molecule has 388 valence electrons. The first-order valence-electron chi connectivity index (χ1n) is 23.6. The minimum Gasteiger partial charge on any atom is -0.742 e. The van der Waals surface area contributed by atoms with E-state index in [1.165, 1.54) is 28.4 Å². The molecule has 2 fully saturated rings. The zero-order valence-electron chi connectivity index (χ0n) is 41.5. The van der Waals surface area contributed by atoms with Crippen LogP contribution in [-0.2, 0) is 92.7 Å². The zero-order chi connectivity index (χ0) is 52.8. The number of benzene rings is 6. The second-order valence-electron chi connectivity index (χ2n) is 17.6. The van der Waals surface area contributed by atoms with Crippen molar-refractivity contribution < 1.29 is 64.2 Å². The molecular formula is C58H54N4NiO10S2. The molecule has 0 N–H and O–H groups in total. The molecule has 0 bridgehead atoms. The minimum absolute atomic E-state index is 0. The molecule has 17 heteroatoms. The van der Waals surface area contributed by atoms with Crippen molar-refractivity contribution in [3.8, 4) is 0 Å².